The van der Waals surface area contributed by atoms with Crippen molar-refractivity contribution in [3.05, 3.63) is 96.3 Å². The highest BCUT2D eigenvalue weighted by molar-refractivity contribution is 5.84. The number of rotatable bonds is 6. The summed E-state index contributed by atoms with van der Waals surface area (Å²) in [6.45, 7) is 0.580. The maximum Gasteiger partial charge on any atom is 0.346 e. The van der Waals surface area contributed by atoms with E-state index >= 15 is 0 Å². The van der Waals surface area contributed by atoms with Crippen LogP contribution in [0.15, 0.2) is 85.2 Å². The second-order valence-corrected chi connectivity index (χ2v) is 8.06. The predicted octanol–water partition coefficient (Wildman–Crippen LogP) is 4.53. The Morgan fingerprint density at radius 2 is 1.91 bits per heavy atom. The van der Waals surface area contributed by atoms with Crippen LogP contribution >= 0.6 is 0 Å². The summed E-state index contributed by atoms with van der Waals surface area (Å²) in [4.78, 5) is 22.1. The Kier molecular flexibility index (Phi) is 5.81. The third-order valence-electron chi connectivity index (χ3n) is 6.04. The molecular formula is C27H25N4O2+. The van der Waals surface area contributed by atoms with Crippen molar-refractivity contribution < 1.29 is 14.2 Å². The first kappa shape index (κ1) is 20.8. The van der Waals surface area contributed by atoms with Crippen LogP contribution in [-0.2, 0) is 11.2 Å². The molecule has 0 aliphatic carbocycles. The van der Waals surface area contributed by atoms with Gasteiger partial charge in [0, 0.05) is 36.4 Å². The summed E-state index contributed by atoms with van der Waals surface area (Å²) in [6, 6.07) is 23.8. The minimum absolute atomic E-state index is 0.0734. The number of amides is 1. The molecule has 2 aromatic carbocycles. The van der Waals surface area contributed by atoms with Crippen molar-refractivity contribution in [2.24, 2.45) is 0 Å². The number of methoxy groups -OCH3 is 1. The molecule has 0 radical (unpaired) electrons. The molecule has 1 unspecified atom stereocenters. The van der Waals surface area contributed by atoms with E-state index in [4.69, 9.17) is 4.74 Å². The van der Waals surface area contributed by atoms with E-state index in [0.29, 0.717) is 19.4 Å². The number of fused-ring (bicyclic) bond motifs is 1. The van der Waals surface area contributed by atoms with Crippen molar-refractivity contribution >= 4 is 28.8 Å². The lowest BCUT2D eigenvalue weighted by atomic mass is 9.98. The number of ether oxygens (including phenoxy) is 1. The van der Waals surface area contributed by atoms with Gasteiger partial charge < -0.3 is 4.74 Å². The number of para-hydroxylation sites is 1. The highest BCUT2D eigenvalue weighted by Gasteiger charge is 2.36. The van der Waals surface area contributed by atoms with E-state index in [2.05, 4.69) is 22.1 Å². The summed E-state index contributed by atoms with van der Waals surface area (Å²) >= 11 is 0. The molecule has 1 aliphatic heterocycles. The summed E-state index contributed by atoms with van der Waals surface area (Å²) in [6.07, 6.45) is 6.71. The van der Waals surface area contributed by atoms with Crippen LogP contribution in [0.25, 0.3) is 10.9 Å². The molecule has 3 heterocycles. The van der Waals surface area contributed by atoms with E-state index < -0.39 is 0 Å². The van der Waals surface area contributed by atoms with E-state index in [1.54, 1.807) is 18.3 Å². The van der Waals surface area contributed by atoms with Crippen LogP contribution in [0, 0.1) is 0 Å². The molecule has 6 nitrogen and oxygen atoms in total. The van der Waals surface area contributed by atoms with Crippen LogP contribution in [0.3, 0.4) is 0 Å². The average molecular weight is 438 g/mol. The largest absolute Gasteiger partial charge is 0.497 e. The number of hydrazine groups is 1. The van der Waals surface area contributed by atoms with Crippen LogP contribution in [0.1, 0.15) is 23.5 Å². The molecule has 1 saturated heterocycles. The molecule has 5 rings (SSSR count). The molecule has 2 aromatic heterocycles. The summed E-state index contributed by atoms with van der Waals surface area (Å²) in [5.74, 6) is 1.69. The van der Waals surface area contributed by atoms with Gasteiger partial charge in [-0.05, 0) is 46.4 Å². The van der Waals surface area contributed by atoms with Gasteiger partial charge in [0.1, 0.15) is 18.2 Å². The second kappa shape index (κ2) is 9.20. The van der Waals surface area contributed by atoms with Gasteiger partial charge in [0.25, 0.3) is 5.91 Å². The SMILES string of the molecule is COc1cccc(C2CC(=O)N([N+](=CCc3ccnc4ccccc34)c3ccccn3)C2)c1. The molecule has 33 heavy (non-hydrogen) atoms. The Bertz CT molecular complexity index is 1310. The molecule has 4 aromatic rings. The number of carbonyl (C=O) groups is 1. The fourth-order valence-corrected chi connectivity index (χ4v) is 4.34. The summed E-state index contributed by atoms with van der Waals surface area (Å²) in [5.41, 5.74) is 3.21. The number of hydrogen-bond donors (Lipinski definition) is 0. The van der Waals surface area contributed by atoms with Crippen molar-refractivity contribution in [1.29, 1.82) is 0 Å². The molecule has 1 atom stereocenters. The molecule has 164 valence electrons. The quantitative estimate of drug-likeness (QED) is 0.329. The number of hydrazone groups is 1. The summed E-state index contributed by atoms with van der Waals surface area (Å²) in [5, 5.41) is 2.91. The molecule has 0 bridgehead atoms. The van der Waals surface area contributed by atoms with Crippen LogP contribution < -0.4 is 4.74 Å². The van der Waals surface area contributed by atoms with Gasteiger partial charge >= 0.3 is 5.82 Å². The van der Waals surface area contributed by atoms with Crippen molar-refractivity contribution in [3.63, 3.8) is 0 Å². The molecule has 6 heteroatoms. The van der Waals surface area contributed by atoms with Gasteiger partial charge in [0.2, 0.25) is 0 Å². The normalized spacial score (nSPS) is 16.4. The number of aromatic nitrogens is 2. The number of hydrogen-bond acceptors (Lipinski definition) is 4. The van der Waals surface area contributed by atoms with E-state index in [-0.39, 0.29) is 11.8 Å². The molecule has 0 N–H and O–H groups in total. The first-order valence-corrected chi connectivity index (χ1v) is 11.0. The zero-order valence-corrected chi connectivity index (χ0v) is 18.5. The van der Waals surface area contributed by atoms with Gasteiger partial charge in [-0.25, -0.2) is 0 Å². The number of nitrogens with zero attached hydrogens (tertiary/aromatic N) is 4. The standard InChI is InChI=1S/C27H25N4O2/c1-33-23-8-6-7-21(17-23)22-18-27(32)31(19-22)30(26-11-4-5-14-29-26)16-13-20-12-15-28-25-10-3-2-9-24(20)25/h2-12,14-17,22H,13,18-19H2,1H3/q+1. The van der Waals surface area contributed by atoms with Gasteiger partial charge in [-0.1, -0.05) is 36.4 Å². The zero-order valence-electron chi connectivity index (χ0n) is 18.5. The first-order chi connectivity index (χ1) is 16.2. The fraction of sp³-hybridized carbons (Fsp3) is 0.185. The molecule has 1 aliphatic rings. The van der Waals surface area contributed by atoms with Gasteiger partial charge in [-0.3, -0.25) is 9.78 Å². The Morgan fingerprint density at radius 3 is 2.76 bits per heavy atom. The van der Waals surface area contributed by atoms with Gasteiger partial charge in [0.05, 0.1) is 19.2 Å². The van der Waals surface area contributed by atoms with E-state index in [9.17, 15) is 4.79 Å². The highest BCUT2D eigenvalue weighted by Crippen LogP contribution is 2.31. The van der Waals surface area contributed by atoms with Gasteiger partial charge in [-0.2, -0.15) is 5.01 Å². The number of benzene rings is 2. The third kappa shape index (κ3) is 4.32. The van der Waals surface area contributed by atoms with Crippen molar-refractivity contribution in [2.45, 2.75) is 18.8 Å². The van der Waals surface area contributed by atoms with Crippen LogP contribution in [0.5, 0.6) is 5.75 Å². The smallest absolute Gasteiger partial charge is 0.346 e. The Hall–Kier alpha value is -4.06. The Balaban J connectivity index is 1.48. The van der Waals surface area contributed by atoms with E-state index in [1.807, 2.05) is 77.8 Å². The van der Waals surface area contributed by atoms with E-state index in [0.717, 1.165) is 33.6 Å². The molecule has 0 saturated carbocycles. The monoisotopic (exact) mass is 437 g/mol. The summed E-state index contributed by atoms with van der Waals surface area (Å²) in [7, 11) is 1.66. The fourth-order valence-electron chi connectivity index (χ4n) is 4.34. The van der Waals surface area contributed by atoms with Crippen LogP contribution in [0.4, 0.5) is 5.82 Å². The minimum Gasteiger partial charge on any atom is -0.497 e. The first-order valence-electron chi connectivity index (χ1n) is 11.0. The van der Waals surface area contributed by atoms with Crippen LogP contribution in [-0.4, -0.2) is 45.4 Å². The topological polar surface area (TPSA) is 58.3 Å². The second-order valence-electron chi connectivity index (χ2n) is 8.06. The number of pyridine rings is 2. The number of carbonyl (C=O) groups excluding carboxylic acids is 1. The van der Waals surface area contributed by atoms with E-state index in [1.165, 1.54) is 0 Å². The maximum atomic E-state index is 13.1. The maximum absolute atomic E-state index is 13.1. The Morgan fingerprint density at radius 1 is 1.03 bits per heavy atom. The minimum atomic E-state index is 0.0734. The molecule has 1 fully saturated rings. The van der Waals surface area contributed by atoms with Gasteiger partial charge in [0.15, 0.2) is 0 Å². The van der Waals surface area contributed by atoms with Gasteiger partial charge in [-0.15, -0.1) is 4.68 Å². The lowest BCUT2D eigenvalue weighted by Gasteiger charge is -2.17. The molecule has 0 spiro atoms. The molecule has 1 amide bonds. The highest BCUT2D eigenvalue weighted by atomic mass is 16.5. The average Bonchev–Trinajstić information content (AvgIpc) is 3.26. The lowest BCUT2D eigenvalue weighted by molar-refractivity contribution is -0.599. The van der Waals surface area contributed by atoms with Crippen molar-refractivity contribution in [1.82, 2.24) is 15.0 Å². The van der Waals surface area contributed by atoms with Crippen molar-refractivity contribution in [3.8, 4) is 5.75 Å². The molecular weight excluding hydrogens is 412 g/mol. The Labute approximate surface area is 192 Å². The third-order valence-corrected chi connectivity index (χ3v) is 6.04. The predicted molar refractivity (Wildman–Crippen MR) is 128 cm³/mol. The lowest BCUT2D eigenvalue weighted by Crippen LogP contribution is -2.35. The van der Waals surface area contributed by atoms with Crippen molar-refractivity contribution in [2.75, 3.05) is 13.7 Å². The van der Waals surface area contributed by atoms with Crippen LogP contribution in [0.2, 0.25) is 0 Å². The zero-order chi connectivity index (χ0) is 22.6. The summed E-state index contributed by atoms with van der Waals surface area (Å²) < 4.78 is 7.28.